The number of nitrogens with zero attached hydrogens (tertiary/aromatic N) is 1. The third-order valence-electron chi connectivity index (χ3n) is 5.82. The van der Waals surface area contributed by atoms with Crippen molar-refractivity contribution in [3.63, 3.8) is 0 Å². The maximum absolute atomic E-state index is 12.8. The van der Waals surface area contributed by atoms with E-state index in [4.69, 9.17) is 9.47 Å². The first-order valence-electron chi connectivity index (χ1n) is 10.0. The van der Waals surface area contributed by atoms with Gasteiger partial charge in [-0.05, 0) is 67.0 Å². The Morgan fingerprint density at radius 1 is 1.14 bits per heavy atom. The predicted molar refractivity (Wildman–Crippen MR) is 110 cm³/mol. The smallest absolute Gasteiger partial charge is 0.410 e. The molecule has 2 aliphatic rings. The van der Waals surface area contributed by atoms with Gasteiger partial charge in [-0.25, -0.2) is 4.79 Å². The molecule has 2 aliphatic heterocycles. The molecule has 2 atom stereocenters. The third kappa shape index (κ3) is 3.77. The fourth-order valence-electron chi connectivity index (χ4n) is 4.40. The molecule has 0 N–H and O–H groups in total. The van der Waals surface area contributed by atoms with Crippen LogP contribution in [0.25, 0.3) is 5.57 Å². The first-order chi connectivity index (χ1) is 13.7. The number of piperidine rings is 1. The summed E-state index contributed by atoms with van der Waals surface area (Å²) in [5.74, 6) is 0.909. The SMILES string of the molecule is COc1ccc(C2=CC3CCCC(C2)N3C(=O)OCc2ccccc2)cc1C. The topological polar surface area (TPSA) is 38.8 Å². The highest BCUT2D eigenvalue weighted by Gasteiger charge is 2.38. The van der Waals surface area contributed by atoms with Gasteiger partial charge in [0.15, 0.2) is 0 Å². The van der Waals surface area contributed by atoms with Gasteiger partial charge in [-0.3, -0.25) is 4.90 Å². The van der Waals surface area contributed by atoms with E-state index in [1.165, 1.54) is 11.1 Å². The van der Waals surface area contributed by atoms with Gasteiger partial charge < -0.3 is 9.47 Å². The number of ether oxygens (including phenoxy) is 2. The largest absolute Gasteiger partial charge is 0.496 e. The van der Waals surface area contributed by atoms with Crippen molar-refractivity contribution in [1.82, 2.24) is 4.90 Å². The lowest BCUT2D eigenvalue weighted by molar-refractivity contribution is 0.0510. The van der Waals surface area contributed by atoms with E-state index in [1.54, 1.807) is 7.11 Å². The Hall–Kier alpha value is -2.75. The summed E-state index contributed by atoms with van der Waals surface area (Å²) in [5.41, 5.74) is 4.71. The summed E-state index contributed by atoms with van der Waals surface area (Å²) in [6.07, 6.45) is 6.13. The summed E-state index contributed by atoms with van der Waals surface area (Å²) < 4.78 is 11.0. The van der Waals surface area contributed by atoms with Crippen molar-refractivity contribution in [2.45, 2.75) is 51.3 Å². The third-order valence-corrected chi connectivity index (χ3v) is 5.82. The molecule has 2 bridgehead atoms. The maximum Gasteiger partial charge on any atom is 0.410 e. The molecule has 0 saturated carbocycles. The Bertz CT molecular complexity index is 875. The van der Waals surface area contributed by atoms with Gasteiger partial charge >= 0.3 is 6.09 Å². The molecule has 146 valence electrons. The van der Waals surface area contributed by atoms with E-state index in [0.717, 1.165) is 42.6 Å². The van der Waals surface area contributed by atoms with Gasteiger partial charge in [0.25, 0.3) is 0 Å². The summed E-state index contributed by atoms with van der Waals surface area (Å²) in [6.45, 7) is 2.39. The van der Waals surface area contributed by atoms with Crippen LogP contribution in [-0.4, -0.2) is 30.2 Å². The molecule has 1 saturated heterocycles. The molecule has 0 aromatic heterocycles. The van der Waals surface area contributed by atoms with E-state index in [-0.39, 0.29) is 18.2 Å². The second-order valence-electron chi connectivity index (χ2n) is 7.68. The van der Waals surface area contributed by atoms with Crippen molar-refractivity contribution in [3.8, 4) is 5.75 Å². The van der Waals surface area contributed by atoms with Gasteiger partial charge in [0.1, 0.15) is 12.4 Å². The standard InChI is InChI=1S/C24H27NO3/c1-17-13-19(11-12-23(17)27-2)20-14-21-9-6-10-22(15-20)25(21)24(26)28-16-18-7-4-3-5-8-18/h3-5,7-8,11-14,21-22H,6,9-10,15-16H2,1-2H3. The first-order valence-corrected chi connectivity index (χ1v) is 10.0. The molecular weight excluding hydrogens is 350 g/mol. The van der Waals surface area contributed by atoms with Gasteiger partial charge in [-0.1, -0.05) is 42.5 Å². The number of amides is 1. The number of hydrogen-bond acceptors (Lipinski definition) is 3. The van der Waals surface area contributed by atoms with Crippen LogP contribution in [0.2, 0.25) is 0 Å². The monoisotopic (exact) mass is 377 g/mol. The Labute approximate surface area is 166 Å². The van der Waals surface area contributed by atoms with Crippen LogP contribution in [0.4, 0.5) is 4.79 Å². The molecule has 2 aromatic rings. The molecule has 28 heavy (non-hydrogen) atoms. The first kappa shape index (κ1) is 18.6. The number of fused-ring (bicyclic) bond motifs is 2. The highest BCUT2D eigenvalue weighted by molar-refractivity contribution is 5.75. The quantitative estimate of drug-likeness (QED) is 0.721. The van der Waals surface area contributed by atoms with Crippen molar-refractivity contribution < 1.29 is 14.3 Å². The van der Waals surface area contributed by atoms with Crippen molar-refractivity contribution in [3.05, 3.63) is 71.3 Å². The fourth-order valence-corrected chi connectivity index (χ4v) is 4.40. The van der Waals surface area contributed by atoms with E-state index in [9.17, 15) is 4.79 Å². The minimum Gasteiger partial charge on any atom is -0.496 e. The highest BCUT2D eigenvalue weighted by Crippen LogP contribution is 2.38. The molecule has 1 amide bonds. The number of methoxy groups -OCH3 is 1. The van der Waals surface area contributed by atoms with Gasteiger partial charge in [0.05, 0.1) is 13.2 Å². The summed E-state index contributed by atoms with van der Waals surface area (Å²) in [4.78, 5) is 14.8. The zero-order chi connectivity index (χ0) is 19.5. The molecule has 4 heteroatoms. The zero-order valence-electron chi connectivity index (χ0n) is 16.6. The Morgan fingerprint density at radius 3 is 2.68 bits per heavy atom. The molecule has 1 fully saturated rings. The Kier molecular flexibility index (Phi) is 5.38. The van der Waals surface area contributed by atoms with Gasteiger partial charge in [-0.2, -0.15) is 0 Å². The van der Waals surface area contributed by atoms with Gasteiger partial charge in [0.2, 0.25) is 0 Å². The second kappa shape index (κ2) is 8.09. The summed E-state index contributed by atoms with van der Waals surface area (Å²) in [7, 11) is 1.70. The molecule has 2 unspecified atom stereocenters. The lowest BCUT2D eigenvalue weighted by Gasteiger charge is -2.44. The Morgan fingerprint density at radius 2 is 1.96 bits per heavy atom. The van der Waals surface area contributed by atoms with E-state index < -0.39 is 0 Å². The maximum atomic E-state index is 12.8. The van der Waals surface area contributed by atoms with Crippen LogP contribution in [0.1, 0.15) is 42.4 Å². The fraction of sp³-hybridized carbons (Fsp3) is 0.375. The summed E-state index contributed by atoms with van der Waals surface area (Å²) >= 11 is 0. The van der Waals surface area contributed by atoms with Crippen LogP contribution in [0.15, 0.2) is 54.6 Å². The summed E-state index contributed by atoms with van der Waals surface area (Å²) in [5, 5.41) is 0. The van der Waals surface area contributed by atoms with Crippen molar-refractivity contribution in [2.24, 2.45) is 0 Å². The van der Waals surface area contributed by atoms with Crippen molar-refractivity contribution in [1.29, 1.82) is 0 Å². The summed E-state index contributed by atoms with van der Waals surface area (Å²) in [6, 6.07) is 16.5. The van der Waals surface area contributed by atoms with E-state index in [2.05, 4.69) is 25.1 Å². The number of carbonyl (C=O) groups excluding carboxylic acids is 1. The van der Waals surface area contributed by atoms with Crippen LogP contribution < -0.4 is 4.74 Å². The predicted octanol–water partition coefficient (Wildman–Crippen LogP) is 5.35. The molecule has 2 aromatic carbocycles. The molecular formula is C24H27NO3. The lowest BCUT2D eigenvalue weighted by atomic mass is 9.83. The average molecular weight is 377 g/mol. The van der Waals surface area contributed by atoms with Crippen LogP contribution in [0.5, 0.6) is 5.75 Å². The number of carbonyl (C=O) groups is 1. The van der Waals surface area contributed by atoms with Gasteiger partial charge in [0, 0.05) is 6.04 Å². The normalized spacial score (nSPS) is 21.1. The molecule has 4 rings (SSSR count). The van der Waals surface area contributed by atoms with E-state index in [0.29, 0.717) is 6.61 Å². The van der Waals surface area contributed by atoms with E-state index in [1.807, 2.05) is 41.3 Å². The van der Waals surface area contributed by atoms with Crippen LogP contribution in [0, 0.1) is 6.92 Å². The zero-order valence-corrected chi connectivity index (χ0v) is 16.6. The van der Waals surface area contributed by atoms with Crippen molar-refractivity contribution in [2.75, 3.05) is 7.11 Å². The molecule has 0 spiro atoms. The second-order valence-corrected chi connectivity index (χ2v) is 7.68. The highest BCUT2D eigenvalue weighted by atomic mass is 16.6. The number of rotatable bonds is 4. The van der Waals surface area contributed by atoms with E-state index >= 15 is 0 Å². The number of hydrogen-bond donors (Lipinski definition) is 0. The molecule has 2 heterocycles. The van der Waals surface area contributed by atoms with Gasteiger partial charge in [-0.15, -0.1) is 0 Å². The van der Waals surface area contributed by atoms with Crippen LogP contribution in [0.3, 0.4) is 0 Å². The minimum atomic E-state index is -0.195. The lowest BCUT2D eigenvalue weighted by Crippen LogP contribution is -2.51. The number of benzene rings is 2. The number of aryl methyl sites for hydroxylation is 1. The molecule has 0 radical (unpaired) electrons. The van der Waals surface area contributed by atoms with Crippen molar-refractivity contribution >= 4 is 11.7 Å². The van der Waals surface area contributed by atoms with Crippen LogP contribution >= 0.6 is 0 Å². The molecule has 0 aliphatic carbocycles. The average Bonchev–Trinajstić information content (AvgIpc) is 2.71. The molecule has 4 nitrogen and oxygen atoms in total. The Balaban J connectivity index is 1.51. The minimum absolute atomic E-state index is 0.119. The van der Waals surface area contributed by atoms with Crippen LogP contribution in [-0.2, 0) is 11.3 Å².